The fourth-order valence-corrected chi connectivity index (χ4v) is 9.02. The first kappa shape index (κ1) is 30.8. The number of phenolic OH excluding ortho intramolecular Hbond substituents is 1. The summed E-state index contributed by atoms with van der Waals surface area (Å²) < 4.78 is 56.0. The van der Waals surface area contributed by atoms with Gasteiger partial charge in [0.25, 0.3) is 0 Å². The van der Waals surface area contributed by atoms with Gasteiger partial charge in [0.05, 0.1) is 6.10 Å². The number of halogens is 4. The van der Waals surface area contributed by atoms with E-state index in [0.717, 1.165) is 5.56 Å². The lowest BCUT2D eigenvalue weighted by molar-refractivity contribution is -0.286. The smallest absolute Gasteiger partial charge is 0.405 e. The van der Waals surface area contributed by atoms with Crippen molar-refractivity contribution >= 4 is 5.78 Å². The first-order valence-electron chi connectivity index (χ1n) is 14.5. The molecule has 5 rings (SSSR count). The third-order valence-corrected chi connectivity index (χ3v) is 10.6. The SMILES string of the molecule is C=C(NCC(F)(F)F)[C@@]1(ON(C)Cc2ccc(O)cc2)[C@H](C)CC2C3C[C@H](F)C4=CC(=O)C=CC4(C)C3C(O)CC21C. The Morgan fingerprint density at radius 1 is 1.21 bits per heavy atom. The number of aliphatic hydroxyl groups is 1. The molecule has 230 valence electrons. The number of aliphatic hydroxyl groups excluding tert-OH is 1. The molecule has 3 N–H and O–H groups in total. The number of hydrogen-bond donors (Lipinski definition) is 3. The van der Waals surface area contributed by atoms with Crippen LogP contribution in [0, 0.1) is 34.5 Å². The molecule has 3 fully saturated rings. The molecule has 0 spiro atoms. The minimum Gasteiger partial charge on any atom is -0.508 e. The highest BCUT2D eigenvalue weighted by molar-refractivity contribution is 6.01. The van der Waals surface area contributed by atoms with E-state index in [2.05, 4.69) is 11.9 Å². The Balaban J connectivity index is 1.54. The van der Waals surface area contributed by atoms with Crippen LogP contribution >= 0.6 is 0 Å². The highest BCUT2D eigenvalue weighted by Gasteiger charge is 2.71. The van der Waals surface area contributed by atoms with Crippen LogP contribution in [-0.4, -0.2) is 58.7 Å². The van der Waals surface area contributed by atoms with Crippen LogP contribution in [-0.2, 0) is 16.2 Å². The Kier molecular flexibility index (Phi) is 7.68. The van der Waals surface area contributed by atoms with Crippen molar-refractivity contribution in [1.29, 1.82) is 0 Å². The zero-order chi connectivity index (χ0) is 30.8. The molecule has 6 unspecified atom stereocenters. The number of phenols is 1. The molecule has 1 aromatic carbocycles. The van der Waals surface area contributed by atoms with Crippen molar-refractivity contribution in [2.45, 2.75) is 70.6 Å². The van der Waals surface area contributed by atoms with E-state index in [-0.39, 0.29) is 60.3 Å². The molecule has 10 heteroatoms. The summed E-state index contributed by atoms with van der Waals surface area (Å²) in [5.41, 5.74) is -1.85. The van der Waals surface area contributed by atoms with E-state index >= 15 is 4.39 Å². The third kappa shape index (κ3) is 4.89. The molecule has 0 saturated heterocycles. The Labute approximate surface area is 244 Å². The van der Waals surface area contributed by atoms with Gasteiger partial charge in [0.1, 0.15) is 24.1 Å². The van der Waals surface area contributed by atoms with Crippen molar-refractivity contribution in [3.8, 4) is 5.75 Å². The quantitative estimate of drug-likeness (QED) is 0.281. The molecule has 42 heavy (non-hydrogen) atoms. The summed E-state index contributed by atoms with van der Waals surface area (Å²) in [4.78, 5) is 18.9. The number of benzene rings is 1. The average Bonchev–Trinajstić information content (AvgIpc) is 3.11. The van der Waals surface area contributed by atoms with Gasteiger partial charge in [-0.1, -0.05) is 45.6 Å². The van der Waals surface area contributed by atoms with Gasteiger partial charge < -0.3 is 15.5 Å². The van der Waals surface area contributed by atoms with Gasteiger partial charge in [0.2, 0.25) is 0 Å². The first-order valence-corrected chi connectivity index (χ1v) is 14.5. The topological polar surface area (TPSA) is 82.0 Å². The number of hydroxylamine groups is 2. The summed E-state index contributed by atoms with van der Waals surface area (Å²) in [7, 11) is 1.69. The van der Waals surface area contributed by atoms with Gasteiger partial charge in [-0.25, -0.2) is 4.39 Å². The van der Waals surface area contributed by atoms with Crippen LogP contribution in [0.4, 0.5) is 17.6 Å². The monoisotopic (exact) mass is 592 g/mol. The second-order valence-electron chi connectivity index (χ2n) is 13.2. The predicted octanol–water partition coefficient (Wildman–Crippen LogP) is 5.63. The van der Waals surface area contributed by atoms with Crippen molar-refractivity contribution in [2.75, 3.05) is 13.6 Å². The van der Waals surface area contributed by atoms with Gasteiger partial charge in [0, 0.05) is 36.0 Å². The van der Waals surface area contributed by atoms with Crippen LogP contribution in [0.5, 0.6) is 5.75 Å². The van der Waals surface area contributed by atoms with E-state index in [1.807, 2.05) is 20.8 Å². The van der Waals surface area contributed by atoms with Crippen LogP contribution in [0.1, 0.15) is 45.6 Å². The van der Waals surface area contributed by atoms with Gasteiger partial charge >= 0.3 is 6.18 Å². The Morgan fingerprint density at radius 3 is 2.52 bits per heavy atom. The zero-order valence-electron chi connectivity index (χ0n) is 24.4. The number of nitrogens with zero attached hydrogens (tertiary/aromatic N) is 1. The highest BCUT2D eigenvalue weighted by atomic mass is 19.4. The first-order chi connectivity index (χ1) is 19.5. The molecule has 0 heterocycles. The van der Waals surface area contributed by atoms with E-state index in [1.54, 1.807) is 42.5 Å². The van der Waals surface area contributed by atoms with E-state index < -0.39 is 41.4 Å². The number of aromatic hydroxyl groups is 1. The van der Waals surface area contributed by atoms with E-state index in [1.165, 1.54) is 12.2 Å². The summed E-state index contributed by atoms with van der Waals surface area (Å²) in [6.07, 6.45) is -1.45. The van der Waals surface area contributed by atoms with Crippen molar-refractivity contribution in [2.24, 2.45) is 34.5 Å². The maximum absolute atomic E-state index is 15.9. The number of nitrogens with one attached hydrogen (secondary N) is 1. The van der Waals surface area contributed by atoms with Gasteiger partial charge in [0.15, 0.2) is 5.78 Å². The minimum absolute atomic E-state index is 0.0723. The number of rotatable bonds is 7. The van der Waals surface area contributed by atoms with Gasteiger partial charge in [-0.05, 0) is 72.4 Å². The lowest BCUT2D eigenvalue weighted by Crippen LogP contribution is -2.64. The van der Waals surface area contributed by atoms with Gasteiger partial charge in [-0.2, -0.15) is 18.2 Å². The largest absolute Gasteiger partial charge is 0.508 e. The molecular weight excluding hydrogens is 552 g/mol. The number of carbonyl (C=O) groups is 1. The summed E-state index contributed by atoms with van der Waals surface area (Å²) in [5.74, 6) is -1.37. The lowest BCUT2D eigenvalue weighted by atomic mass is 9.46. The lowest BCUT2D eigenvalue weighted by Gasteiger charge is -2.61. The normalized spacial score (nSPS) is 39.4. The maximum atomic E-state index is 15.9. The number of hydrogen-bond acceptors (Lipinski definition) is 6. The van der Waals surface area contributed by atoms with Crippen molar-refractivity contribution in [3.63, 3.8) is 0 Å². The van der Waals surface area contributed by atoms with Crippen molar-refractivity contribution in [3.05, 3.63) is 65.9 Å². The number of ketones is 1. The second-order valence-corrected chi connectivity index (χ2v) is 13.2. The summed E-state index contributed by atoms with van der Waals surface area (Å²) in [5, 5.41) is 25.6. The van der Waals surface area contributed by atoms with Gasteiger partial charge in [-0.15, -0.1) is 0 Å². The van der Waals surface area contributed by atoms with Crippen LogP contribution in [0.15, 0.2) is 60.3 Å². The number of fused-ring (bicyclic) bond motifs is 5. The molecule has 0 radical (unpaired) electrons. The molecule has 1 aromatic rings. The molecular formula is C32H40F4N2O4. The molecule has 4 aliphatic carbocycles. The second kappa shape index (κ2) is 10.5. The van der Waals surface area contributed by atoms with E-state index in [9.17, 15) is 28.2 Å². The van der Waals surface area contributed by atoms with Crippen molar-refractivity contribution in [1.82, 2.24) is 10.4 Å². The van der Waals surface area contributed by atoms with Crippen LogP contribution < -0.4 is 5.32 Å². The molecule has 3 saturated carbocycles. The Bertz CT molecular complexity index is 1300. The molecule has 0 bridgehead atoms. The molecule has 9 atom stereocenters. The third-order valence-electron chi connectivity index (χ3n) is 10.6. The van der Waals surface area contributed by atoms with Crippen LogP contribution in [0.3, 0.4) is 0 Å². The maximum Gasteiger partial charge on any atom is 0.405 e. The molecule has 0 aliphatic heterocycles. The summed E-state index contributed by atoms with van der Waals surface area (Å²) in [6.45, 7) is 8.79. The summed E-state index contributed by atoms with van der Waals surface area (Å²) in [6, 6.07) is 6.55. The Morgan fingerprint density at radius 2 is 1.88 bits per heavy atom. The highest BCUT2D eigenvalue weighted by Crippen LogP contribution is 2.70. The van der Waals surface area contributed by atoms with Crippen LogP contribution in [0.2, 0.25) is 0 Å². The average molecular weight is 593 g/mol. The van der Waals surface area contributed by atoms with E-state index in [0.29, 0.717) is 12.0 Å². The fraction of sp³-hybridized carbons (Fsp3) is 0.594. The van der Waals surface area contributed by atoms with Gasteiger partial charge in [-0.3, -0.25) is 9.63 Å². The zero-order valence-corrected chi connectivity index (χ0v) is 24.4. The van der Waals surface area contributed by atoms with E-state index in [4.69, 9.17) is 4.84 Å². The number of carbonyl (C=O) groups excluding carboxylic acids is 1. The molecule has 4 aliphatic rings. The Hall–Kier alpha value is -2.69. The molecule has 6 nitrogen and oxygen atoms in total. The van der Waals surface area contributed by atoms with Crippen LogP contribution in [0.25, 0.3) is 0 Å². The minimum atomic E-state index is -4.49. The predicted molar refractivity (Wildman–Crippen MR) is 149 cm³/mol. The summed E-state index contributed by atoms with van der Waals surface area (Å²) >= 11 is 0. The number of alkyl halides is 4. The van der Waals surface area contributed by atoms with Crippen molar-refractivity contribution < 1.29 is 37.4 Å². The molecule has 0 amide bonds. The fourth-order valence-electron chi connectivity index (χ4n) is 9.02. The number of allylic oxidation sites excluding steroid dienone is 4. The molecule has 0 aromatic heterocycles. The standard InChI is InChI=1S/C32H40F4N2O4/c1-18-12-24-23-14-26(33)25-13-22(40)10-11-29(25,3)28(23)27(41)15-30(24,4)32(18,19(2)37-17-31(34,35)36)42-38(5)16-20-6-8-21(39)9-7-20/h6-11,13,18,23-24,26-28,37,39,41H,2,12,14-17H2,1,3-5H3/t18-,23?,24?,26+,27?,28?,29?,30?,32+/m1/s1.